The molecule has 2 rings (SSSR count). The number of para-hydroxylation sites is 2. The number of anilines is 1. The first kappa shape index (κ1) is 19.4. The van der Waals surface area contributed by atoms with Crippen LogP contribution < -0.4 is 20.7 Å². The fraction of sp³-hybridized carbons (Fsp3) is 0.312. The van der Waals surface area contributed by atoms with Gasteiger partial charge in [0, 0.05) is 12.4 Å². The molecule has 1 aromatic carbocycles. The Kier molecular flexibility index (Phi) is 7.15. The van der Waals surface area contributed by atoms with E-state index >= 15 is 0 Å². The molecule has 1 aromatic heterocycles. The van der Waals surface area contributed by atoms with Crippen molar-refractivity contribution in [3.63, 3.8) is 0 Å². The normalized spacial score (nSPS) is 10.3. The Labute approximate surface area is 153 Å². The molecule has 0 aliphatic heterocycles. The molecule has 1 amide bonds. The van der Waals surface area contributed by atoms with Crippen LogP contribution in [0.3, 0.4) is 0 Å². The Morgan fingerprint density at radius 3 is 2.77 bits per heavy atom. The highest BCUT2D eigenvalue weighted by Crippen LogP contribution is 2.24. The van der Waals surface area contributed by atoms with E-state index in [9.17, 15) is 19.5 Å². The Hall–Kier alpha value is -2.88. The minimum absolute atomic E-state index is 0.00344. The molecule has 0 bridgehead atoms. The maximum absolute atomic E-state index is 12.1. The number of carbonyl (C=O) groups excluding carboxylic acids is 2. The molecule has 10 heteroatoms. The van der Waals surface area contributed by atoms with Gasteiger partial charge in [-0.15, -0.1) is 10.2 Å². The summed E-state index contributed by atoms with van der Waals surface area (Å²) in [6.45, 7) is 2.32. The van der Waals surface area contributed by atoms with Crippen LogP contribution >= 0.6 is 11.8 Å². The zero-order chi connectivity index (χ0) is 18.9. The van der Waals surface area contributed by atoms with E-state index in [1.54, 1.807) is 24.3 Å². The number of H-pyrrole nitrogens is 1. The second-order valence-electron chi connectivity index (χ2n) is 5.04. The molecule has 9 nitrogen and oxygen atoms in total. The SMILES string of the molecule is CCOc1ccccc1NC(=O)CSc1nnc(CCC(=O)[O-])c(=O)[nH]1. The number of nitrogens with one attached hydrogen (secondary N) is 2. The molecule has 0 aliphatic carbocycles. The maximum Gasteiger partial charge on any atom is 0.273 e. The number of hydrogen-bond donors (Lipinski definition) is 2. The Bertz CT molecular complexity index is 839. The van der Waals surface area contributed by atoms with Gasteiger partial charge in [0.1, 0.15) is 11.4 Å². The molecule has 0 saturated carbocycles. The van der Waals surface area contributed by atoms with Crippen LogP contribution in [0, 0.1) is 0 Å². The molecule has 0 unspecified atom stereocenters. The number of aryl methyl sites for hydroxylation is 1. The van der Waals surface area contributed by atoms with E-state index in [4.69, 9.17) is 4.74 Å². The third kappa shape index (κ3) is 5.88. The molecule has 0 atom stereocenters. The lowest BCUT2D eigenvalue weighted by Crippen LogP contribution is -2.25. The van der Waals surface area contributed by atoms with Crippen molar-refractivity contribution in [2.24, 2.45) is 0 Å². The van der Waals surface area contributed by atoms with Gasteiger partial charge >= 0.3 is 0 Å². The van der Waals surface area contributed by atoms with Crippen molar-refractivity contribution in [2.45, 2.75) is 24.9 Å². The van der Waals surface area contributed by atoms with Crippen molar-refractivity contribution in [1.82, 2.24) is 15.2 Å². The van der Waals surface area contributed by atoms with Crippen molar-refractivity contribution in [3.8, 4) is 5.75 Å². The second kappa shape index (κ2) is 9.56. The minimum atomic E-state index is -1.27. The molecule has 138 valence electrons. The fourth-order valence-electron chi connectivity index (χ4n) is 1.97. The van der Waals surface area contributed by atoms with Crippen LogP contribution in [0.5, 0.6) is 5.75 Å². The number of carboxylic acid groups (broad SMARTS) is 1. The average molecular weight is 377 g/mol. The number of aliphatic carboxylic acids is 1. The maximum atomic E-state index is 12.1. The van der Waals surface area contributed by atoms with Crippen molar-refractivity contribution < 1.29 is 19.4 Å². The molecule has 2 aromatic rings. The van der Waals surface area contributed by atoms with E-state index in [2.05, 4.69) is 20.5 Å². The number of rotatable bonds is 9. The molecule has 26 heavy (non-hydrogen) atoms. The van der Waals surface area contributed by atoms with Crippen molar-refractivity contribution in [1.29, 1.82) is 0 Å². The summed E-state index contributed by atoms with van der Waals surface area (Å²) in [5.74, 6) is -0.998. The summed E-state index contributed by atoms with van der Waals surface area (Å²) in [6, 6.07) is 7.05. The van der Waals surface area contributed by atoms with Gasteiger partial charge in [-0.3, -0.25) is 14.6 Å². The number of aromatic amines is 1. The summed E-state index contributed by atoms with van der Waals surface area (Å²) >= 11 is 1.00. The highest BCUT2D eigenvalue weighted by molar-refractivity contribution is 7.99. The van der Waals surface area contributed by atoms with Crippen molar-refractivity contribution in [2.75, 3.05) is 17.7 Å². The number of thioether (sulfide) groups is 1. The van der Waals surface area contributed by atoms with Gasteiger partial charge in [-0.2, -0.15) is 0 Å². The van der Waals surface area contributed by atoms with E-state index in [0.29, 0.717) is 18.0 Å². The van der Waals surface area contributed by atoms with Crippen LogP contribution in [0.2, 0.25) is 0 Å². The zero-order valence-corrected chi connectivity index (χ0v) is 14.8. The van der Waals surface area contributed by atoms with E-state index in [1.165, 1.54) is 0 Å². The van der Waals surface area contributed by atoms with Gasteiger partial charge in [0.05, 0.1) is 18.0 Å². The first-order valence-electron chi connectivity index (χ1n) is 7.79. The monoisotopic (exact) mass is 377 g/mol. The highest BCUT2D eigenvalue weighted by atomic mass is 32.2. The summed E-state index contributed by atoms with van der Waals surface area (Å²) in [5, 5.41) is 20.8. The van der Waals surface area contributed by atoms with Gasteiger partial charge < -0.3 is 20.0 Å². The van der Waals surface area contributed by atoms with Gasteiger partial charge in [-0.1, -0.05) is 23.9 Å². The summed E-state index contributed by atoms with van der Waals surface area (Å²) in [4.78, 5) is 36.8. The molecule has 0 aliphatic rings. The van der Waals surface area contributed by atoms with Gasteiger partial charge in [0.25, 0.3) is 5.56 Å². The van der Waals surface area contributed by atoms with Gasteiger partial charge in [0.15, 0.2) is 5.16 Å². The largest absolute Gasteiger partial charge is 0.550 e. The molecular weight excluding hydrogens is 360 g/mol. The van der Waals surface area contributed by atoms with Gasteiger partial charge in [0.2, 0.25) is 5.91 Å². The van der Waals surface area contributed by atoms with Crippen LogP contribution in [0.1, 0.15) is 19.0 Å². The number of amides is 1. The average Bonchev–Trinajstić information content (AvgIpc) is 2.61. The number of aromatic nitrogens is 3. The summed E-state index contributed by atoms with van der Waals surface area (Å²) in [5.41, 5.74) is 0.0247. The number of carbonyl (C=O) groups is 2. The second-order valence-corrected chi connectivity index (χ2v) is 6.01. The summed E-state index contributed by atoms with van der Waals surface area (Å²) in [6.07, 6.45) is -0.379. The first-order valence-corrected chi connectivity index (χ1v) is 8.78. The van der Waals surface area contributed by atoms with Gasteiger partial charge in [-0.05, 0) is 25.5 Å². The standard InChI is InChI=1S/C16H18N4O5S/c1-2-25-12-6-4-3-5-10(12)17-13(21)9-26-16-18-15(24)11(19-20-16)7-8-14(22)23/h3-6H,2,7-9H2,1H3,(H,17,21)(H,22,23)(H,18,20,24)/p-1. The summed E-state index contributed by atoms with van der Waals surface area (Å²) < 4.78 is 5.43. The number of hydrogen-bond acceptors (Lipinski definition) is 8. The third-order valence-electron chi connectivity index (χ3n) is 3.11. The third-order valence-corrected chi connectivity index (χ3v) is 3.97. The quantitative estimate of drug-likeness (QED) is 0.582. The van der Waals surface area contributed by atoms with E-state index in [0.717, 1.165) is 11.8 Å². The minimum Gasteiger partial charge on any atom is -0.550 e. The van der Waals surface area contributed by atoms with E-state index in [1.807, 2.05) is 6.92 Å². The number of benzene rings is 1. The van der Waals surface area contributed by atoms with Crippen LogP contribution in [0.25, 0.3) is 0 Å². The summed E-state index contributed by atoms with van der Waals surface area (Å²) in [7, 11) is 0. The Morgan fingerprint density at radius 1 is 1.31 bits per heavy atom. The smallest absolute Gasteiger partial charge is 0.273 e. The van der Waals surface area contributed by atoms with E-state index < -0.39 is 11.5 Å². The molecule has 0 saturated heterocycles. The lowest BCUT2D eigenvalue weighted by atomic mass is 10.2. The lowest BCUT2D eigenvalue weighted by Gasteiger charge is -2.10. The topological polar surface area (TPSA) is 137 Å². The number of nitrogens with zero attached hydrogens (tertiary/aromatic N) is 2. The predicted molar refractivity (Wildman–Crippen MR) is 92.9 cm³/mol. The lowest BCUT2D eigenvalue weighted by molar-refractivity contribution is -0.305. The van der Waals surface area contributed by atoms with Gasteiger partial charge in [-0.25, -0.2) is 0 Å². The molecule has 0 radical (unpaired) electrons. The molecular formula is C16H17N4O5S-. The molecule has 1 heterocycles. The Balaban J connectivity index is 1.92. The van der Waals surface area contributed by atoms with Crippen molar-refractivity contribution in [3.05, 3.63) is 40.3 Å². The molecule has 2 N–H and O–H groups in total. The zero-order valence-electron chi connectivity index (χ0n) is 14.0. The van der Waals surface area contributed by atoms with Crippen LogP contribution in [-0.4, -0.2) is 39.4 Å². The molecule has 0 spiro atoms. The van der Waals surface area contributed by atoms with Crippen molar-refractivity contribution >= 4 is 29.3 Å². The van der Waals surface area contributed by atoms with E-state index in [-0.39, 0.29) is 35.4 Å². The number of ether oxygens (including phenoxy) is 1. The van der Waals surface area contributed by atoms with Crippen LogP contribution in [-0.2, 0) is 16.0 Å². The Morgan fingerprint density at radius 2 is 2.08 bits per heavy atom. The number of carboxylic acids is 1. The van der Waals surface area contributed by atoms with Crippen LogP contribution in [0.15, 0.2) is 34.2 Å². The molecule has 0 fully saturated rings. The predicted octanol–water partition coefficient (Wildman–Crippen LogP) is -0.0231. The highest BCUT2D eigenvalue weighted by Gasteiger charge is 2.10. The first-order chi connectivity index (χ1) is 12.5. The van der Waals surface area contributed by atoms with Crippen LogP contribution in [0.4, 0.5) is 5.69 Å². The fourth-order valence-corrected chi connectivity index (χ4v) is 2.57.